The van der Waals surface area contributed by atoms with Crippen molar-refractivity contribution in [3.05, 3.63) is 54.1 Å². The van der Waals surface area contributed by atoms with Crippen LogP contribution in [0.15, 0.2) is 48.6 Å². The Morgan fingerprint density at radius 2 is 1.90 bits per heavy atom. The molecule has 0 saturated carbocycles. The van der Waals surface area contributed by atoms with E-state index in [-0.39, 0.29) is 0 Å². The topological polar surface area (TPSA) is 21.3 Å². The molecule has 2 nitrogen and oxygen atoms in total. The van der Waals surface area contributed by atoms with Gasteiger partial charge in [-0.1, -0.05) is 30.4 Å². The summed E-state index contributed by atoms with van der Waals surface area (Å²) in [5, 5.41) is 6.24. The lowest BCUT2D eigenvalue weighted by molar-refractivity contribution is 0.415. The minimum absolute atomic E-state index is 0.382. The fourth-order valence-electron chi connectivity index (χ4n) is 3.03. The predicted molar refractivity (Wildman–Crippen MR) is 88.8 cm³/mol. The number of allylic oxidation sites excluding steroid dienone is 1. The Morgan fingerprint density at radius 3 is 2.67 bits per heavy atom. The zero-order chi connectivity index (χ0) is 14.7. The molecule has 0 aliphatic heterocycles. The summed E-state index contributed by atoms with van der Waals surface area (Å²) in [4.78, 5) is 0. The van der Waals surface area contributed by atoms with Crippen LogP contribution in [0.2, 0.25) is 0 Å². The van der Waals surface area contributed by atoms with Gasteiger partial charge in [0.05, 0.1) is 7.11 Å². The summed E-state index contributed by atoms with van der Waals surface area (Å²) in [7, 11) is 1.71. The van der Waals surface area contributed by atoms with E-state index in [2.05, 4.69) is 54.7 Å². The van der Waals surface area contributed by atoms with Crippen molar-refractivity contribution >= 4 is 10.8 Å². The number of nitrogens with one attached hydrogen (secondary N) is 1. The number of hydrogen-bond donors (Lipinski definition) is 1. The van der Waals surface area contributed by atoms with Crippen molar-refractivity contribution in [3.8, 4) is 5.75 Å². The first-order chi connectivity index (χ1) is 10.3. The molecule has 0 amide bonds. The molecular formula is C19H23NO. The van der Waals surface area contributed by atoms with Gasteiger partial charge in [0.25, 0.3) is 0 Å². The Labute approximate surface area is 126 Å². The average Bonchev–Trinajstić information content (AvgIpc) is 2.54. The minimum Gasteiger partial charge on any atom is -0.497 e. The Bertz CT molecular complexity index is 647. The SMILES string of the molecule is COc1ccc2cc(C(C)NC3CC=CCC3)ccc2c1. The molecule has 2 aromatic carbocycles. The zero-order valence-corrected chi connectivity index (χ0v) is 12.8. The van der Waals surface area contributed by atoms with E-state index in [9.17, 15) is 0 Å². The first-order valence-electron chi connectivity index (χ1n) is 7.75. The maximum atomic E-state index is 5.28. The van der Waals surface area contributed by atoms with Crippen molar-refractivity contribution < 1.29 is 4.74 Å². The molecule has 0 spiro atoms. The third-order valence-corrected chi connectivity index (χ3v) is 4.33. The van der Waals surface area contributed by atoms with E-state index in [0.29, 0.717) is 12.1 Å². The molecule has 0 fully saturated rings. The molecule has 0 radical (unpaired) electrons. The number of hydrogen-bond acceptors (Lipinski definition) is 2. The summed E-state index contributed by atoms with van der Waals surface area (Å²) in [5.74, 6) is 0.912. The number of rotatable bonds is 4. The van der Waals surface area contributed by atoms with Gasteiger partial charge in [0, 0.05) is 12.1 Å². The molecule has 0 aromatic heterocycles. The summed E-state index contributed by atoms with van der Waals surface area (Å²) in [6.07, 6.45) is 8.16. The predicted octanol–water partition coefficient (Wildman–Crippen LogP) is 4.61. The molecule has 1 N–H and O–H groups in total. The van der Waals surface area contributed by atoms with Crippen molar-refractivity contribution in [2.24, 2.45) is 0 Å². The van der Waals surface area contributed by atoms with Crippen molar-refractivity contribution in [3.63, 3.8) is 0 Å². The Balaban J connectivity index is 1.78. The lowest BCUT2D eigenvalue weighted by Crippen LogP contribution is -2.32. The lowest BCUT2D eigenvalue weighted by atomic mass is 9.98. The van der Waals surface area contributed by atoms with Crippen LogP contribution in [0.3, 0.4) is 0 Å². The highest BCUT2D eigenvalue weighted by Gasteiger charge is 2.14. The lowest BCUT2D eigenvalue weighted by Gasteiger charge is -2.24. The molecule has 110 valence electrons. The van der Waals surface area contributed by atoms with Crippen LogP contribution < -0.4 is 10.1 Å². The van der Waals surface area contributed by atoms with Crippen LogP contribution in [0.25, 0.3) is 10.8 Å². The van der Waals surface area contributed by atoms with Crippen molar-refractivity contribution in [1.29, 1.82) is 0 Å². The largest absolute Gasteiger partial charge is 0.497 e. The summed E-state index contributed by atoms with van der Waals surface area (Å²) in [6, 6.07) is 13.9. The molecule has 2 unspecified atom stereocenters. The van der Waals surface area contributed by atoms with E-state index in [1.807, 2.05) is 6.07 Å². The van der Waals surface area contributed by atoms with E-state index in [4.69, 9.17) is 4.74 Å². The van der Waals surface area contributed by atoms with E-state index in [1.54, 1.807) is 7.11 Å². The summed E-state index contributed by atoms with van der Waals surface area (Å²) >= 11 is 0. The Kier molecular flexibility index (Phi) is 4.26. The zero-order valence-electron chi connectivity index (χ0n) is 12.8. The summed E-state index contributed by atoms with van der Waals surface area (Å²) < 4.78 is 5.28. The maximum Gasteiger partial charge on any atom is 0.119 e. The molecule has 2 aromatic rings. The van der Waals surface area contributed by atoms with Gasteiger partial charge in [0.15, 0.2) is 0 Å². The molecule has 0 heterocycles. The van der Waals surface area contributed by atoms with Gasteiger partial charge < -0.3 is 10.1 Å². The molecule has 21 heavy (non-hydrogen) atoms. The van der Waals surface area contributed by atoms with Gasteiger partial charge in [-0.25, -0.2) is 0 Å². The Morgan fingerprint density at radius 1 is 1.10 bits per heavy atom. The van der Waals surface area contributed by atoms with Crippen molar-refractivity contribution in [2.45, 2.75) is 38.3 Å². The fraction of sp³-hybridized carbons (Fsp3) is 0.368. The second-order valence-electron chi connectivity index (χ2n) is 5.84. The first-order valence-corrected chi connectivity index (χ1v) is 7.75. The Hall–Kier alpha value is -1.80. The second-order valence-corrected chi connectivity index (χ2v) is 5.84. The molecule has 1 aliphatic carbocycles. The standard InChI is InChI=1S/C19H23NO/c1-14(20-18-6-4-3-5-7-18)15-8-9-17-13-19(21-2)11-10-16(17)12-15/h3-4,8-14,18,20H,5-7H2,1-2H3. The highest BCUT2D eigenvalue weighted by atomic mass is 16.5. The van der Waals surface area contributed by atoms with Gasteiger partial charge in [-0.15, -0.1) is 0 Å². The normalized spacial score (nSPS) is 19.6. The highest BCUT2D eigenvalue weighted by Crippen LogP contribution is 2.25. The van der Waals surface area contributed by atoms with Crippen LogP contribution in [-0.2, 0) is 0 Å². The van der Waals surface area contributed by atoms with E-state index < -0.39 is 0 Å². The first kappa shape index (κ1) is 14.2. The van der Waals surface area contributed by atoms with Crippen LogP contribution in [0.1, 0.15) is 37.8 Å². The summed E-state index contributed by atoms with van der Waals surface area (Å²) in [6.45, 7) is 2.25. The third kappa shape index (κ3) is 3.27. The van der Waals surface area contributed by atoms with Crippen molar-refractivity contribution in [1.82, 2.24) is 5.32 Å². The molecule has 2 atom stereocenters. The van der Waals surface area contributed by atoms with Crippen LogP contribution in [0.5, 0.6) is 5.75 Å². The highest BCUT2D eigenvalue weighted by molar-refractivity contribution is 5.84. The average molecular weight is 281 g/mol. The van der Waals surface area contributed by atoms with E-state index >= 15 is 0 Å². The number of fused-ring (bicyclic) bond motifs is 1. The molecule has 0 saturated heterocycles. The fourth-order valence-corrected chi connectivity index (χ4v) is 3.03. The van der Waals surface area contributed by atoms with Crippen LogP contribution in [0.4, 0.5) is 0 Å². The van der Waals surface area contributed by atoms with Gasteiger partial charge in [-0.3, -0.25) is 0 Å². The van der Waals surface area contributed by atoms with Crippen molar-refractivity contribution in [2.75, 3.05) is 7.11 Å². The molecule has 3 rings (SSSR count). The van der Waals surface area contributed by atoms with Crippen LogP contribution >= 0.6 is 0 Å². The van der Waals surface area contributed by atoms with Crippen LogP contribution in [-0.4, -0.2) is 13.2 Å². The smallest absolute Gasteiger partial charge is 0.119 e. The van der Waals surface area contributed by atoms with E-state index in [1.165, 1.54) is 29.2 Å². The molecule has 2 heteroatoms. The second kappa shape index (κ2) is 6.31. The number of benzene rings is 2. The van der Waals surface area contributed by atoms with Gasteiger partial charge in [0.2, 0.25) is 0 Å². The van der Waals surface area contributed by atoms with Gasteiger partial charge in [-0.2, -0.15) is 0 Å². The number of methoxy groups -OCH3 is 1. The molecule has 0 bridgehead atoms. The maximum absolute atomic E-state index is 5.28. The van der Waals surface area contributed by atoms with Gasteiger partial charge >= 0.3 is 0 Å². The van der Waals surface area contributed by atoms with Gasteiger partial charge in [-0.05, 0) is 60.7 Å². The quantitative estimate of drug-likeness (QED) is 0.826. The number of ether oxygens (including phenoxy) is 1. The summed E-state index contributed by atoms with van der Waals surface area (Å²) in [5.41, 5.74) is 1.35. The molecule has 1 aliphatic rings. The molecular weight excluding hydrogens is 258 g/mol. The van der Waals surface area contributed by atoms with Gasteiger partial charge in [0.1, 0.15) is 5.75 Å². The van der Waals surface area contributed by atoms with E-state index in [0.717, 1.165) is 12.2 Å². The monoisotopic (exact) mass is 281 g/mol. The minimum atomic E-state index is 0.382. The van der Waals surface area contributed by atoms with Crippen LogP contribution in [0, 0.1) is 0 Å². The third-order valence-electron chi connectivity index (χ3n) is 4.33.